The number of halogens is 1. The van der Waals surface area contributed by atoms with Crippen molar-refractivity contribution in [1.82, 2.24) is 10.6 Å². The summed E-state index contributed by atoms with van der Waals surface area (Å²) < 4.78 is 11.6. The topological polar surface area (TPSA) is 76.7 Å². The van der Waals surface area contributed by atoms with Crippen LogP contribution in [0.2, 0.25) is 5.02 Å². The zero-order valence-corrected chi connectivity index (χ0v) is 18.5. The van der Waals surface area contributed by atoms with Gasteiger partial charge in [-0.15, -0.1) is 0 Å². The molecule has 2 unspecified atom stereocenters. The number of para-hydroxylation sites is 1. The van der Waals surface area contributed by atoms with Crippen LogP contribution in [0.15, 0.2) is 65.9 Å². The Morgan fingerprint density at radius 1 is 1.16 bits per heavy atom. The Labute approximate surface area is 192 Å². The maximum absolute atomic E-state index is 13.0. The zero-order valence-electron chi connectivity index (χ0n) is 17.8. The molecule has 2 atom stereocenters. The molecule has 2 aliphatic heterocycles. The molecule has 0 saturated carbocycles. The van der Waals surface area contributed by atoms with Crippen LogP contribution < -0.4 is 15.4 Å². The molecule has 7 heteroatoms. The summed E-state index contributed by atoms with van der Waals surface area (Å²) in [5, 5.41) is 6.16. The first kappa shape index (κ1) is 22.1. The van der Waals surface area contributed by atoms with Crippen molar-refractivity contribution in [2.45, 2.75) is 32.0 Å². The Morgan fingerprint density at radius 2 is 1.94 bits per heavy atom. The van der Waals surface area contributed by atoms with Gasteiger partial charge in [0.05, 0.1) is 6.10 Å². The predicted molar refractivity (Wildman–Crippen MR) is 123 cm³/mol. The number of carbonyl (C=O) groups excluding carboxylic acids is 2. The molecule has 0 radical (unpaired) electrons. The molecule has 1 fully saturated rings. The molecular weight excluding hydrogens is 428 g/mol. The van der Waals surface area contributed by atoms with Crippen LogP contribution in [0.3, 0.4) is 0 Å². The number of benzene rings is 2. The molecule has 2 aliphatic rings. The molecule has 2 N–H and O–H groups in total. The molecule has 2 aromatic carbocycles. The van der Waals surface area contributed by atoms with Gasteiger partial charge in [0, 0.05) is 29.3 Å². The SMILES string of the molecule is CC1Oc2ccccc2C=C1C=C(NC(=O)c1ccc(Cl)cc1)C(=O)NCC1CCCO1. The van der Waals surface area contributed by atoms with Crippen molar-refractivity contribution in [3.8, 4) is 5.75 Å². The fourth-order valence-electron chi connectivity index (χ4n) is 3.65. The molecule has 2 aromatic rings. The van der Waals surface area contributed by atoms with Crippen LogP contribution in [0.4, 0.5) is 0 Å². The summed E-state index contributed by atoms with van der Waals surface area (Å²) >= 11 is 5.92. The van der Waals surface area contributed by atoms with Crippen LogP contribution >= 0.6 is 11.6 Å². The van der Waals surface area contributed by atoms with E-state index in [1.807, 2.05) is 37.3 Å². The molecule has 0 spiro atoms. The highest BCUT2D eigenvalue weighted by Gasteiger charge is 2.22. The van der Waals surface area contributed by atoms with Crippen LogP contribution in [0.25, 0.3) is 6.08 Å². The van der Waals surface area contributed by atoms with Crippen molar-refractivity contribution in [3.63, 3.8) is 0 Å². The molecule has 32 heavy (non-hydrogen) atoms. The standard InChI is InChI=1S/C25H25ClN2O4/c1-16-19(13-18-5-2-3-7-23(18)32-16)14-22(25(30)27-15-21-6-4-12-31-21)28-24(29)17-8-10-20(26)11-9-17/h2-3,5,7-11,13-14,16,21H,4,6,12,15H2,1H3,(H,27,30)(H,28,29). The summed E-state index contributed by atoms with van der Waals surface area (Å²) in [4.78, 5) is 25.8. The number of fused-ring (bicyclic) bond motifs is 1. The number of hydrogen-bond donors (Lipinski definition) is 2. The second-order valence-corrected chi connectivity index (χ2v) is 8.24. The maximum atomic E-state index is 13.0. The van der Waals surface area contributed by atoms with E-state index in [9.17, 15) is 9.59 Å². The fourth-order valence-corrected chi connectivity index (χ4v) is 3.78. The van der Waals surface area contributed by atoms with Gasteiger partial charge in [-0.2, -0.15) is 0 Å². The third-order valence-electron chi connectivity index (χ3n) is 5.44. The molecule has 0 aromatic heterocycles. The monoisotopic (exact) mass is 452 g/mol. The van der Waals surface area contributed by atoms with Crippen LogP contribution in [-0.2, 0) is 9.53 Å². The number of ether oxygens (including phenoxy) is 2. The number of nitrogens with one attached hydrogen (secondary N) is 2. The minimum Gasteiger partial charge on any atom is -0.485 e. The fraction of sp³-hybridized carbons (Fsp3) is 0.280. The summed E-state index contributed by atoms with van der Waals surface area (Å²) in [7, 11) is 0. The van der Waals surface area contributed by atoms with Crippen LogP contribution in [0.1, 0.15) is 35.7 Å². The lowest BCUT2D eigenvalue weighted by atomic mass is 10.0. The second-order valence-electron chi connectivity index (χ2n) is 7.81. The van der Waals surface area contributed by atoms with Crippen molar-refractivity contribution in [1.29, 1.82) is 0 Å². The molecular formula is C25H25ClN2O4. The average Bonchev–Trinajstić information content (AvgIpc) is 3.31. The molecule has 4 rings (SSSR count). The molecule has 0 bridgehead atoms. The van der Waals surface area contributed by atoms with E-state index in [1.54, 1.807) is 30.3 Å². The third-order valence-corrected chi connectivity index (χ3v) is 5.69. The van der Waals surface area contributed by atoms with Gasteiger partial charge in [0.2, 0.25) is 0 Å². The predicted octanol–water partition coefficient (Wildman–Crippen LogP) is 4.11. The van der Waals surface area contributed by atoms with Crippen molar-refractivity contribution >= 4 is 29.5 Å². The molecule has 166 valence electrons. The van der Waals surface area contributed by atoms with Crippen molar-refractivity contribution in [3.05, 3.63) is 82.0 Å². The lowest BCUT2D eigenvalue weighted by Gasteiger charge is -2.23. The van der Waals surface area contributed by atoms with E-state index in [-0.39, 0.29) is 23.8 Å². The summed E-state index contributed by atoms with van der Waals surface area (Å²) in [5.74, 6) is 0.00655. The largest absolute Gasteiger partial charge is 0.485 e. The maximum Gasteiger partial charge on any atom is 0.267 e. The van der Waals surface area contributed by atoms with Crippen molar-refractivity contribution in [2.75, 3.05) is 13.2 Å². The quantitative estimate of drug-likeness (QED) is 0.646. The summed E-state index contributed by atoms with van der Waals surface area (Å²) in [6.45, 7) is 3.00. The first-order valence-electron chi connectivity index (χ1n) is 10.7. The lowest BCUT2D eigenvalue weighted by Crippen LogP contribution is -2.38. The Bertz CT molecular complexity index is 1060. The summed E-state index contributed by atoms with van der Waals surface area (Å²) in [6.07, 6.45) is 5.24. The average molecular weight is 453 g/mol. The van der Waals surface area contributed by atoms with Crippen molar-refractivity contribution < 1.29 is 19.1 Å². The van der Waals surface area contributed by atoms with Crippen LogP contribution in [0.5, 0.6) is 5.75 Å². The van der Waals surface area contributed by atoms with Gasteiger partial charge in [0.25, 0.3) is 11.8 Å². The van der Waals surface area contributed by atoms with E-state index in [2.05, 4.69) is 10.6 Å². The minimum absolute atomic E-state index is 0.00445. The first-order chi connectivity index (χ1) is 15.5. The smallest absolute Gasteiger partial charge is 0.267 e. The first-order valence-corrected chi connectivity index (χ1v) is 11.0. The third kappa shape index (κ3) is 5.39. The van der Waals surface area contributed by atoms with Gasteiger partial charge in [0.1, 0.15) is 17.6 Å². The van der Waals surface area contributed by atoms with E-state index < -0.39 is 5.91 Å². The summed E-state index contributed by atoms with van der Waals surface area (Å²) in [6, 6.07) is 14.2. The Kier molecular flexibility index (Phi) is 6.93. The van der Waals surface area contributed by atoms with E-state index in [4.69, 9.17) is 21.1 Å². The normalized spacial score (nSPS) is 20.1. The molecule has 2 amide bonds. The highest BCUT2D eigenvalue weighted by molar-refractivity contribution is 6.30. The van der Waals surface area contributed by atoms with E-state index in [1.165, 1.54) is 0 Å². The molecule has 1 saturated heterocycles. The second kappa shape index (κ2) is 10.0. The number of amides is 2. The molecule has 0 aliphatic carbocycles. The summed E-state index contributed by atoms with van der Waals surface area (Å²) in [5.41, 5.74) is 2.24. The van der Waals surface area contributed by atoms with Crippen LogP contribution in [-0.4, -0.2) is 37.2 Å². The highest BCUT2D eigenvalue weighted by Crippen LogP contribution is 2.30. The van der Waals surface area contributed by atoms with Gasteiger partial charge in [-0.3, -0.25) is 9.59 Å². The number of carbonyl (C=O) groups is 2. The number of hydrogen-bond acceptors (Lipinski definition) is 4. The van der Waals surface area contributed by atoms with Gasteiger partial charge in [-0.25, -0.2) is 0 Å². The highest BCUT2D eigenvalue weighted by atomic mass is 35.5. The van der Waals surface area contributed by atoms with E-state index in [0.717, 1.165) is 29.7 Å². The molecule has 2 heterocycles. The van der Waals surface area contributed by atoms with Crippen LogP contribution in [0, 0.1) is 0 Å². The van der Waals surface area contributed by atoms with Gasteiger partial charge in [-0.05, 0) is 67.8 Å². The van der Waals surface area contributed by atoms with E-state index >= 15 is 0 Å². The van der Waals surface area contributed by atoms with Crippen molar-refractivity contribution in [2.24, 2.45) is 0 Å². The minimum atomic E-state index is -0.398. The zero-order chi connectivity index (χ0) is 22.5. The van der Waals surface area contributed by atoms with Gasteiger partial charge in [-0.1, -0.05) is 29.8 Å². The Morgan fingerprint density at radius 3 is 2.69 bits per heavy atom. The lowest BCUT2D eigenvalue weighted by molar-refractivity contribution is -0.118. The van der Waals surface area contributed by atoms with E-state index in [0.29, 0.717) is 23.7 Å². The van der Waals surface area contributed by atoms with Gasteiger partial charge < -0.3 is 20.1 Å². The molecule has 6 nitrogen and oxygen atoms in total. The Hall–Kier alpha value is -3.09. The Balaban J connectivity index is 1.58. The number of rotatable bonds is 6. The van der Waals surface area contributed by atoms with Gasteiger partial charge >= 0.3 is 0 Å². The van der Waals surface area contributed by atoms with Gasteiger partial charge in [0.15, 0.2) is 0 Å².